The third-order valence-electron chi connectivity index (χ3n) is 1.77. The molecule has 0 heterocycles. The molecular formula is C9H9F3O. The zero-order chi connectivity index (χ0) is 9.84. The molecule has 0 fully saturated rings. The van der Waals surface area contributed by atoms with Gasteiger partial charge in [0.25, 0.3) is 0 Å². The first kappa shape index (κ1) is 10.1. The van der Waals surface area contributed by atoms with E-state index in [1.807, 2.05) is 0 Å². The zero-order valence-corrected chi connectivity index (χ0v) is 6.86. The van der Waals surface area contributed by atoms with Crippen molar-refractivity contribution in [2.24, 2.45) is 0 Å². The fourth-order valence-electron chi connectivity index (χ4n) is 1.17. The molecule has 0 aliphatic rings. The van der Waals surface area contributed by atoms with Crippen molar-refractivity contribution in [2.75, 3.05) is 6.67 Å². The summed E-state index contributed by atoms with van der Waals surface area (Å²) in [5.74, 6) is -1.56. The van der Waals surface area contributed by atoms with Crippen LogP contribution < -0.4 is 0 Å². The van der Waals surface area contributed by atoms with Crippen LogP contribution in [0.5, 0.6) is 0 Å². The van der Waals surface area contributed by atoms with E-state index in [-0.39, 0.29) is 17.5 Å². The van der Waals surface area contributed by atoms with Crippen LogP contribution >= 0.6 is 0 Å². The van der Waals surface area contributed by atoms with E-state index >= 15 is 0 Å². The highest BCUT2D eigenvalue weighted by molar-refractivity contribution is 5.29. The van der Waals surface area contributed by atoms with E-state index in [1.54, 1.807) is 0 Å². The van der Waals surface area contributed by atoms with Gasteiger partial charge in [0.15, 0.2) is 0 Å². The Bertz CT molecular complexity index is 299. The number of hydrogen-bond acceptors (Lipinski definition) is 1. The van der Waals surface area contributed by atoms with Gasteiger partial charge in [0, 0.05) is 12.5 Å². The fourth-order valence-corrected chi connectivity index (χ4v) is 1.17. The molecule has 4 heteroatoms. The van der Waals surface area contributed by atoms with Crippen molar-refractivity contribution < 1.29 is 18.3 Å². The minimum Gasteiger partial charge on any atom is -0.392 e. The number of hydrogen-bond donors (Lipinski definition) is 1. The zero-order valence-electron chi connectivity index (χ0n) is 6.86. The Labute approximate surface area is 73.8 Å². The molecular weight excluding hydrogens is 181 g/mol. The van der Waals surface area contributed by atoms with Crippen LogP contribution in [0.15, 0.2) is 12.1 Å². The standard InChI is InChI=1S/C9H9F3O/c10-2-1-8-6(5-13)3-7(11)4-9(8)12/h3-4,13H,1-2,5H2. The van der Waals surface area contributed by atoms with E-state index in [0.717, 1.165) is 6.07 Å². The molecule has 1 aromatic carbocycles. The average Bonchev–Trinajstić information content (AvgIpc) is 2.09. The minimum absolute atomic E-state index is 0.0476. The summed E-state index contributed by atoms with van der Waals surface area (Å²) in [6.07, 6.45) is -0.137. The summed E-state index contributed by atoms with van der Waals surface area (Å²) in [6, 6.07) is 1.69. The molecule has 1 rings (SSSR count). The van der Waals surface area contributed by atoms with Crippen LogP contribution in [0.1, 0.15) is 11.1 Å². The van der Waals surface area contributed by atoms with Gasteiger partial charge >= 0.3 is 0 Å². The molecule has 0 aliphatic carbocycles. The maximum absolute atomic E-state index is 13.0. The lowest BCUT2D eigenvalue weighted by Gasteiger charge is -2.06. The highest BCUT2D eigenvalue weighted by Crippen LogP contribution is 2.16. The van der Waals surface area contributed by atoms with Gasteiger partial charge in [-0.25, -0.2) is 8.78 Å². The molecule has 0 saturated heterocycles. The van der Waals surface area contributed by atoms with Gasteiger partial charge in [0.05, 0.1) is 13.3 Å². The SMILES string of the molecule is OCc1cc(F)cc(F)c1CCF. The van der Waals surface area contributed by atoms with Gasteiger partial charge in [-0.05, 0) is 17.2 Å². The van der Waals surface area contributed by atoms with E-state index in [2.05, 4.69) is 0 Å². The van der Waals surface area contributed by atoms with Crippen LogP contribution in [-0.2, 0) is 13.0 Å². The molecule has 0 amide bonds. The average molecular weight is 190 g/mol. The number of aliphatic hydroxyl groups is 1. The lowest BCUT2D eigenvalue weighted by Crippen LogP contribution is -2.01. The highest BCUT2D eigenvalue weighted by Gasteiger charge is 2.09. The Kier molecular flexibility index (Phi) is 3.31. The molecule has 13 heavy (non-hydrogen) atoms. The van der Waals surface area contributed by atoms with Crippen molar-refractivity contribution in [1.29, 1.82) is 0 Å². The summed E-state index contributed by atoms with van der Waals surface area (Å²) in [4.78, 5) is 0. The third kappa shape index (κ3) is 2.21. The van der Waals surface area contributed by atoms with E-state index in [9.17, 15) is 13.2 Å². The van der Waals surface area contributed by atoms with Crippen LogP contribution in [-0.4, -0.2) is 11.8 Å². The van der Waals surface area contributed by atoms with E-state index in [1.165, 1.54) is 0 Å². The van der Waals surface area contributed by atoms with Gasteiger partial charge in [-0.15, -0.1) is 0 Å². The van der Waals surface area contributed by atoms with Crippen LogP contribution in [0, 0.1) is 11.6 Å². The molecule has 0 aromatic heterocycles. The van der Waals surface area contributed by atoms with E-state index in [4.69, 9.17) is 5.11 Å². The van der Waals surface area contributed by atoms with Gasteiger partial charge in [-0.1, -0.05) is 0 Å². The van der Waals surface area contributed by atoms with Gasteiger partial charge in [-0.2, -0.15) is 0 Å². The van der Waals surface area contributed by atoms with Gasteiger partial charge in [0.2, 0.25) is 0 Å². The second kappa shape index (κ2) is 4.28. The van der Waals surface area contributed by atoms with Crippen LogP contribution in [0.4, 0.5) is 13.2 Å². The topological polar surface area (TPSA) is 20.2 Å². The maximum atomic E-state index is 13.0. The first-order valence-electron chi connectivity index (χ1n) is 3.82. The second-order valence-corrected chi connectivity index (χ2v) is 2.62. The Morgan fingerprint density at radius 3 is 2.46 bits per heavy atom. The third-order valence-corrected chi connectivity index (χ3v) is 1.77. The van der Waals surface area contributed by atoms with Gasteiger partial charge in [0.1, 0.15) is 11.6 Å². The maximum Gasteiger partial charge on any atom is 0.129 e. The first-order valence-corrected chi connectivity index (χ1v) is 3.82. The smallest absolute Gasteiger partial charge is 0.129 e. The number of halogens is 3. The van der Waals surface area contributed by atoms with Crippen molar-refractivity contribution in [3.8, 4) is 0 Å². The Hall–Kier alpha value is -1.03. The quantitative estimate of drug-likeness (QED) is 0.772. The molecule has 72 valence electrons. The van der Waals surface area contributed by atoms with Crippen molar-refractivity contribution in [3.63, 3.8) is 0 Å². The number of alkyl halides is 1. The molecule has 0 radical (unpaired) electrons. The predicted octanol–water partition coefficient (Wildman–Crippen LogP) is 1.97. The van der Waals surface area contributed by atoms with Gasteiger partial charge < -0.3 is 5.11 Å². The predicted molar refractivity (Wildman–Crippen MR) is 42.0 cm³/mol. The van der Waals surface area contributed by atoms with E-state index in [0.29, 0.717) is 6.07 Å². The largest absolute Gasteiger partial charge is 0.392 e. The Morgan fingerprint density at radius 2 is 1.92 bits per heavy atom. The van der Waals surface area contributed by atoms with Crippen molar-refractivity contribution >= 4 is 0 Å². The second-order valence-electron chi connectivity index (χ2n) is 2.62. The van der Waals surface area contributed by atoms with Crippen molar-refractivity contribution in [3.05, 3.63) is 34.9 Å². The lowest BCUT2D eigenvalue weighted by atomic mass is 10.0. The summed E-state index contributed by atoms with van der Waals surface area (Å²) in [5.41, 5.74) is 0.154. The molecule has 1 N–H and O–H groups in total. The minimum atomic E-state index is -0.804. The fraction of sp³-hybridized carbons (Fsp3) is 0.333. The normalized spacial score (nSPS) is 10.5. The van der Waals surface area contributed by atoms with E-state index < -0.39 is 24.9 Å². The number of aliphatic hydroxyl groups excluding tert-OH is 1. The Morgan fingerprint density at radius 1 is 1.23 bits per heavy atom. The molecule has 0 bridgehead atoms. The summed E-state index contributed by atoms with van der Waals surface area (Å²) < 4.78 is 37.5. The van der Waals surface area contributed by atoms with Crippen molar-refractivity contribution in [2.45, 2.75) is 13.0 Å². The monoisotopic (exact) mass is 190 g/mol. The summed E-state index contributed by atoms with van der Waals surface area (Å²) >= 11 is 0. The van der Waals surface area contributed by atoms with Crippen LogP contribution in [0.2, 0.25) is 0 Å². The molecule has 1 nitrogen and oxygen atoms in total. The number of benzene rings is 1. The first-order chi connectivity index (χ1) is 6.19. The molecule has 0 aliphatic heterocycles. The van der Waals surface area contributed by atoms with Crippen LogP contribution in [0.3, 0.4) is 0 Å². The number of rotatable bonds is 3. The summed E-state index contributed by atoms with van der Waals surface area (Å²) in [7, 11) is 0. The molecule has 0 unspecified atom stereocenters. The molecule has 0 atom stereocenters. The summed E-state index contributed by atoms with van der Waals surface area (Å²) in [5, 5.41) is 8.74. The van der Waals surface area contributed by atoms with Crippen molar-refractivity contribution in [1.82, 2.24) is 0 Å². The molecule has 1 aromatic rings. The van der Waals surface area contributed by atoms with Crippen LogP contribution in [0.25, 0.3) is 0 Å². The molecule has 0 saturated carbocycles. The lowest BCUT2D eigenvalue weighted by molar-refractivity contribution is 0.278. The molecule has 0 spiro atoms. The Balaban J connectivity index is 3.13. The highest BCUT2D eigenvalue weighted by atomic mass is 19.1. The summed E-state index contributed by atoms with van der Waals surface area (Å²) in [6.45, 7) is -1.21. The van der Waals surface area contributed by atoms with Gasteiger partial charge in [-0.3, -0.25) is 4.39 Å².